The van der Waals surface area contributed by atoms with Gasteiger partial charge in [-0.25, -0.2) is 4.98 Å². The molecule has 2 aromatic rings. The average Bonchev–Trinajstić information content (AvgIpc) is 3.02. The zero-order valence-corrected chi connectivity index (χ0v) is 14.3. The molecule has 0 bridgehead atoms. The van der Waals surface area contributed by atoms with E-state index in [4.69, 9.17) is 0 Å². The molecule has 6 nitrogen and oxygen atoms in total. The largest absolute Gasteiger partial charge is 0.355 e. The van der Waals surface area contributed by atoms with E-state index in [-0.39, 0.29) is 5.91 Å². The summed E-state index contributed by atoms with van der Waals surface area (Å²) in [4.78, 5) is 20.7. The first-order valence-corrected chi connectivity index (χ1v) is 8.51. The Kier molecular flexibility index (Phi) is 4.88. The highest BCUT2D eigenvalue weighted by molar-refractivity contribution is 7.09. The Bertz CT molecular complexity index is 661. The molecule has 0 radical (unpaired) electrons. The lowest BCUT2D eigenvalue weighted by Gasteiger charge is -2.34. The van der Waals surface area contributed by atoms with Crippen LogP contribution in [0.1, 0.15) is 21.7 Å². The number of nitrogens with one attached hydrogen (secondary N) is 1. The van der Waals surface area contributed by atoms with Crippen LogP contribution in [0.15, 0.2) is 24.3 Å². The Labute approximate surface area is 140 Å². The third-order valence-corrected chi connectivity index (χ3v) is 4.88. The second kappa shape index (κ2) is 7.06. The molecule has 2 heterocycles. The first-order valence-electron chi connectivity index (χ1n) is 7.74. The zero-order valence-electron chi connectivity index (χ0n) is 13.5. The van der Waals surface area contributed by atoms with Gasteiger partial charge in [0.25, 0.3) is 5.91 Å². The first kappa shape index (κ1) is 15.9. The van der Waals surface area contributed by atoms with Crippen molar-refractivity contribution in [3.63, 3.8) is 0 Å². The molecule has 0 spiro atoms. The van der Waals surface area contributed by atoms with E-state index in [1.54, 1.807) is 7.05 Å². The maximum absolute atomic E-state index is 11.6. The molecule has 0 saturated carbocycles. The number of benzene rings is 1. The lowest BCUT2D eigenvalue weighted by Crippen LogP contribution is -2.45. The van der Waals surface area contributed by atoms with Crippen molar-refractivity contribution in [2.24, 2.45) is 0 Å². The van der Waals surface area contributed by atoms with Crippen molar-refractivity contribution in [1.82, 2.24) is 19.6 Å². The fraction of sp³-hybridized carbons (Fsp3) is 0.438. The van der Waals surface area contributed by atoms with E-state index < -0.39 is 0 Å². The lowest BCUT2D eigenvalue weighted by molar-refractivity contribution is 0.0963. The number of aryl methyl sites for hydroxylation is 1. The van der Waals surface area contributed by atoms with Crippen LogP contribution < -0.4 is 10.2 Å². The monoisotopic (exact) mass is 331 g/mol. The van der Waals surface area contributed by atoms with Crippen molar-refractivity contribution >= 4 is 22.6 Å². The standard InChI is InChI=1S/C16H21N5OS/c1-12-18-16(23-19-12)21-9-7-20(8-10-21)11-13-3-5-14(6-4-13)15(22)17-2/h3-6H,7-11H2,1-2H3,(H,17,22). The van der Waals surface area contributed by atoms with Crippen LogP contribution in [0.5, 0.6) is 0 Å². The molecule has 1 saturated heterocycles. The summed E-state index contributed by atoms with van der Waals surface area (Å²) in [6, 6.07) is 7.83. The minimum absolute atomic E-state index is 0.0440. The Morgan fingerprint density at radius 1 is 1.22 bits per heavy atom. The molecule has 1 N–H and O–H groups in total. The van der Waals surface area contributed by atoms with Crippen molar-refractivity contribution in [2.75, 3.05) is 38.1 Å². The SMILES string of the molecule is CNC(=O)c1ccc(CN2CCN(c3nc(C)ns3)CC2)cc1. The fourth-order valence-corrected chi connectivity index (χ4v) is 3.40. The van der Waals surface area contributed by atoms with E-state index in [0.717, 1.165) is 43.7 Å². The summed E-state index contributed by atoms with van der Waals surface area (Å²) in [6.07, 6.45) is 0. The van der Waals surface area contributed by atoms with Gasteiger partial charge in [-0.05, 0) is 24.6 Å². The number of carbonyl (C=O) groups excluding carboxylic acids is 1. The van der Waals surface area contributed by atoms with E-state index in [2.05, 4.69) is 24.5 Å². The summed E-state index contributed by atoms with van der Waals surface area (Å²) in [5.41, 5.74) is 1.94. The maximum atomic E-state index is 11.6. The normalized spacial score (nSPS) is 15.7. The summed E-state index contributed by atoms with van der Waals surface area (Å²) in [5.74, 6) is 0.807. The van der Waals surface area contributed by atoms with Gasteiger partial charge >= 0.3 is 0 Å². The predicted octanol–water partition coefficient (Wildman–Crippen LogP) is 1.53. The van der Waals surface area contributed by atoms with Gasteiger partial charge in [0.2, 0.25) is 5.13 Å². The molecule has 0 aliphatic carbocycles. The molecule has 7 heteroatoms. The van der Waals surface area contributed by atoms with Gasteiger partial charge in [0.15, 0.2) is 0 Å². The molecule has 23 heavy (non-hydrogen) atoms. The minimum Gasteiger partial charge on any atom is -0.355 e. The molecule has 1 fully saturated rings. The highest BCUT2D eigenvalue weighted by Gasteiger charge is 2.19. The average molecular weight is 331 g/mol. The van der Waals surface area contributed by atoms with Crippen molar-refractivity contribution < 1.29 is 4.79 Å². The summed E-state index contributed by atoms with van der Waals surface area (Å²) >= 11 is 1.48. The molecule has 1 aliphatic heterocycles. The molecule has 1 aliphatic rings. The van der Waals surface area contributed by atoms with Gasteiger partial charge in [0, 0.05) is 56.9 Å². The summed E-state index contributed by atoms with van der Waals surface area (Å²) in [6.45, 7) is 6.82. The highest BCUT2D eigenvalue weighted by atomic mass is 32.1. The molecule has 1 aromatic heterocycles. The van der Waals surface area contributed by atoms with Gasteiger partial charge in [0.1, 0.15) is 5.82 Å². The third kappa shape index (κ3) is 3.86. The van der Waals surface area contributed by atoms with Gasteiger partial charge in [-0.1, -0.05) is 12.1 Å². The van der Waals surface area contributed by atoms with Crippen LogP contribution >= 0.6 is 11.5 Å². The summed E-state index contributed by atoms with van der Waals surface area (Å²) in [5, 5.41) is 3.66. The quantitative estimate of drug-likeness (QED) is 0.921. The molecule has 1 aromatic carbocycles. The van der Waals surface area contributed by atoms with Gasteiger partial charge in [-0.3, -0.25) is 9.69 Å². The van der Waals surface area contributed by atoms with Crippen molar-refractivity contribution in [3.8, 4) is 0 Å². The number of rotatable bonds is 4. The molecule has 0 atom stereocenters. The minimum atomic E-state index is -0.0440. The Morgan fingerprint density at radius 2 is 1.91 bits per heavy atom. The highest BCUT2D eigenvalue weighted by Crippen LogP contribution is 2.19. The number of amides is 1. The van der Waals surface area contributed by atoms with Crippen LogP contribution in [0.2, 0.25) is 0 Å². The second-order valence-corrected chi connectivity index (χ2v) is 6.39. The van der Waals surface area contributed by atoms with E-state index in [1.165, 1.54) is 17.1 Å². The zero-order chi connectivity index (χ0) is 16.2. The van der Waals surface area contributed by atoms with Gasteiger partial charge in [-0.2, -0.15) is 4.37 Å². The topological polar surface area (TPSA) is 61.4 Å². The third-order valence-electron chi connectivity index (χ3n) is 4.01. The summed E-state index contributed by atoms with van der Waals surface area (Å²) in [7, 11) is 1.65. The number of nitrogens with zero attached hydrogens (tertiary/aromatic N) is 4. The summed E-state index contributed by atoms with van der Waals surface area (Å²) < 4.78 is 4.25. The van der Waals surface area contributed by atoms with Crippen molar-refractivity contribution in [2.45, 2.75) is 13.5 Å². The maximum Gasteiger partial charge on any atom is 0.251 e. The second-order valence-electron chi connectivity index (χ2n) is 5.66. The van der Waals surface area contributed by atoms with Gasteiger partial charge in [-0.15, -0.1) is 0 Å². The number of aromatic nitrogens is 2. The number of anilines is 1. The van der Waals surface area contributed by atoms with Crippen molar-refractivity contribution in [3.05, 3.63) is 41.2 Å². The van der Waals surface area contributed by atoms with Crippen molar-refractivity contribution in [1.29, 1.82) is 0 Å². The molecule has 0 unspecified atom stereocenters. The van der Waals surface area contributed by atoms with Gasteiger partial charge < -0.3 is 10.2 Å². The number of hydrogen-bond acceptors (Lipinski definition) is 6. The smallest absolute Gasteiger partial charge is 0.251 e. The lowest BCUT2D eigenvalue weighted by atomic mass is 10.1. The number of piperazine rings is 1. The van der Waals surface area contributed by atoms with E-state index >= 15 is 0 Å². The van der Waals surface area contributed by atoms with E-state index in [9.17, 15) is 4.79 Å². The molecule has 1 amide bonds. The van der Waals surface area contributed by atoms with E-state index in [0.29, 0.717) is 5.56 Å². The Morgan fingerprint density at radius 3 is 2.48 bits per heavy atom. The van der Waals surface area contributed by atoms with Crippen LogP contribution in [-0.4, -0.2) is 53.4 Å². The molecule has 122 valence electrons. The number of carbonyl (C=O) groups is 1. The molecular formula is C16H21N5OS. The first-order chi connectivity index (χ1) is 11.2. The molecule has 3 rings (SSSR count). The fourth-order valence-electron chi connectivity index (χ4n) is 2.68. The van der Waals surface area contributed by atoms with Crippen LogP contribution in [0.25, 0.3) is 0 Å². The van der Waals surface area contributed by atoms with Gasteiger partial charge in [0.05, 0.1) is 0 Å². The van der Waals surface area contributed by atoms with Crippen LogP contribution in [0.4, 0.5) is 5.13 Å². The van der Waals surface area contributed by atoms with Crippen LogP contribution in [0.3, 0.4) is 0 Å². The number of hydrogen-bond donors (Lipinski definition) is 1. The predicted molar refractivity (Wildman–Crippen MR) is 92.0 cm³/mol. The molecular weight excluding hydrogens is 310 g/mol. The van der Waals surface area contributed by atoms with E-state index in [1.807, 2.05) is 31.2 Å². The van der Waals surface area contributed by atoms with Crippen LogP contribution in [0, 0.1) is 6.92 Å². The Balaban J connectivity index is 1.53. The Hall–Kier alpha value is -1.99. The van der Waals surface area contributed by atoms with Crippen LogP contribution in [-0.2, 0) is 6.54 Å².